The monoisotopic (exact) mass is 372 g/mol. The number of methoxy groups -OCH3 is 2. The molecule has 0 aliphatic rings. The summed E-state index contributed by atoms with van der Waals surface area (Å²) in [5, 5.41) is 6.04. The number of hydrogen-bond acceptors (Lipinski definition) is 4. The molecule has 0 spiro atoms. The van der Waals surface area contributed by atoms with Crippen molar-refractivity contribution in [1.82, 2.24) is 5.32 Å². The van der Waals surface area contributed by atoms with Gasteiger partial charge in [-0.15, -0.1) is 0 Å². The molecule has 138 valence electrons. The number of nitrogens with one attached hydrogen (secondary N) is 2. The number of amides is 1. The van der Waals surface area contributed by atoms with Gasteiger partial charge in [-0.1, -0.05) is 38.1 Å². The molecule has 0 aliphatic carbocycles. The summed E-state index contributed by atoms with van der Waals surface area (Å²) in [6.07, 6.45) is 1.01. The molecule has 1 amide bonds. The van der Waals surface area contributed by atoms with Gasteiger partial charge in [0, 0.05) is 5.69 Å². The number of anilines is 1. The van der Waals surface area contributed by atoms with Crippen LogP contribution in [0.4, 0.5) is 5.69 Å². The van der Waals surface area contributed by atoms with Crippen molar-refractivity contribution in [3.8, 4) is 11.5 Å². The minimum absolute atomic E-state index is 0.221. The van der Waals surface area contributed by atoms with E-state index in [2.05, 4.69) is 30.5 Å². The minimum atomic E-state index is -0.391. The third kappa shape index (κ3) is 4.52. The molecule has 1 atom stereocenters. The Morgan fingerprint density at radius 1 is 1.08 bits per heavy atom. The Hall–Kier alpha value is -2.60. The summed E-state index contributed by atoms with van der Waals surface area (Å²) in [7, 11) is 3.01. The van der Waals surface area contributed by atoms with E-state index in [0.717, 1.165) is 17.7 Å². The maximum atomic E-state index is 12.7. The van der Waals surface area contributed by atoms with E-state index in [1.807, 2.05) is 18.2 Å². The average molecular weight is 372 g/mol. The lowest BCUT2D eigenvalue weighted by molar-refractivity contribution is 0.0971. The van der Waals surface area contributed by atoms with Crippen LogP contribution in [0.3, 0.4) is 0 Å². The normalized spacial score (nSPS) is 11.4. The zero-order valence-corrected chi connectivity index (χ0v) is 16.3. The molecule has 0 aliphatic heterocycles. The van der Waals surface area contributed by atoms with Crippen molar-refractivity contribution in [3.63, 3.8) is 0 Å². The van der Waals surface area contributed by atoms with Crippen molar-refractivity contribution in [2.75, 3.05) is 19.5 Å². The van der Waals surface area contributed by atoms with Crippen molar-refractivity contribution >= 4 is 28.9 Å². The van der Waals surface area contributed by atoms with Gasteiger partial charge in [-0.3, -0.25) is 10.1 Å². The molecule has 0 unspecified atom stereocenters. The van der Waals surface area contributed by atoms with E-state index in [0.29, 0.717) is 23.0 Å². The van der Waals surface area contributed by atoms with E-state index in [9.17, 15) is 4.79 Å². The first-order chi connectivity index (χ1) is 12.5. The SMILES string of the molecule is CC[C@@H](C)c1ccccc1NC(=S)NC(=O)c1c(OC)cccc1OC. The molecular formula is C20H24N2O3S. The third-order valence-electron chi connectivity index (χ3n) is 4.23. The highest BCUT2D eigenvalue weighted by molar-refractivity contribution is 7.80. The predicted molar refractivity (Wildman–Crippen MR) is 108 cm³/mol. The summed E-state index contributed by atoms with van der Waals surface area (Å²) in [6, 6.07) is 13.1. The van der Waals surface area contributed by atoms with Gasteiger partial charge in [-0.2, -0.15) is 0 Å². The quantitative estimate of drug-likeness (QED) is 0.739. The minimum Gasteiger partial charge on any atom is -0.496 e. The first-order valence-corrected chi connectivity index (χ1v) is 8.84. The maximum absolute atomic E-state index is 12.7. The van der Waals surface area contributed by atoms with Crippen LogP contribution in [-0.4, -0.2) is 25.2 Å². The summed E-state index contributed by atoms with van der Waals surface area (Å²) >= 11 is 5.33. The molecule has 0 fully saturated rings. The Labute approximate surface area is 159 Å². The zero-order valence-electron chi connectivity index (χ0n) is 15.5. The maximum Gasteiger partial charge on any atom is 0.264 e. The van der Waals surface area contributed by atoms with E-state index in [4.69, 9.17) is 21.7 Å². The number of carbonyl (C=O) groups excluding carboxylic acids is 1. The highest BCUT2D eigenvalue weighted by Gasteiger charge is 2.19. The second-order valence-electron chi connectivity index (χ2n) is 5.84. The number of thiocarbonyl (C=S) groups is 1. The van der Waals surface area contributed by atoms with Crippen LogP contribution in [0, 0.1) is 0 Å². The van der Waals surface area contributed by atoms with E-state index in [1.165, 1.54) is 14.2 Å². The van der Waals surface area contributed by atoms with Gasteiger partial charge in [-0.05, 0) is 48.3 Å². The summed E-state index contributed by atoms with van der Waals surface area (Å²) in [6.45, 7) is 4.29. The summed E-state index contributed by atoms with van der Waals surface area (Å²) < 4.78 is 10.5. The third-order valence-corrected chi connectivity index (χ3v) is 4.44. The van der Waals surface area contributed by atoms with Crippen LogP contribution in [0.15, 0.2) is 42.5 Å². The fourth-order valence-electron chi connectivity index (χ4n) is 2.65. The number of ether oxygens (including phenoxy) is 2. The lowest BCUT2D eigenvalue weighted by Crippen LogP contribution is -2.34. The smallest absolute Gasteiger partial charge is 0.264 e. The molecule has 0 radical (unpaired) electrons. The van der Waals surface area contributed by atoms with Gasteiger partial charge in [0.1, 0.15) is 17.1 Å². The largest absolute Gasteiger partial charge is 0.496 e. The molecule has 0 aromatic heterocycles. The molecule has 2 rings (SSSR count). The molecule has 0 heterocycles. The number of hydrogen-bond donors (Lipinski definition) is 2. The van der Waals surface area contributed by atoms with Crippen LogP contribution in [0.1, 0.15) is 42.1 Å². The summed E-state index contributed by atoms with van der Waals surface area (Å²) in [4.78, 5) is 12.7. The molecule has 0 saturated carbocycles. The van der Waals surface area contributed by atoms with E-state index in [-0.39, 0.29) is 5.11 Å². The predicted octanol–water partition coefficient (Wildman–Crippen LogP) is 4.34. The molecule has 5 nitrogen and oxygen atoms in total. The average Bonchev–Trinajstić information content (AvgIpc) is 2.66. The first kappa shape index (κ1) is 19.7. The number of rotatable bonds is 6. The highest BCUT2D eigenvalue weighted by atomic mass is 32.1. The number of carbonyl (C=O) groups is 1. The zero-order chi connectivity index (χ0) is 19.1. The van der Waals surface area contributed by atoms with Gasteiger partial charge in [0.15, 0.2) is 5.11 Å². The van der Waals surface area contributed by atoms with Crippen molar-refractivity contribution in [1.29, 1.82) is 0 Å². The van der Waals surface area contributed by atoms with E-state index in [1.54, 1.807) is 18.2 Å². The van der Waals surface area contributed by atoms with Gasteiger partial charge >= 0.3 is 0 Å². The molecule has 6 heteroatoms. The molecule has 0 bridgehead atoms. The van der Waals surface area contributed by atoms with Crippen LogP contribution in [-0.2, 0) is 0 Å². The molecule has 2 aromatic rings. The Kier molecular flexibility index (Phi) is 6.97. The first-order valence-electron chi connectivity index (χ1n) is 8.44. The summed E-state index contributed by atoms with van der Waals surface area (Å²) in [5.74, 6) is 0.832. The van der Waals surface area contributed by atoms with Crippen molar-refractivity contribution in [2.24, 2.45) is 0 Å². The van der Waals surface area contributed by atoms with Crippen LogP contribution in [0.2, 0.25) is 0 Å². The summed E-state index contributed by atoms with van der Waals surface area (Å²) in [5.41, 5.74) is 2.34. The number of benzene rings is 2. The molecule has 2 N–H and O–H groups in total. The molecule has 0 saturated heterocycles. The van der Waals surface area contributed by atoms with Gasteiger partial charge in [-0.25, -0.2) is 0 Å². The van der Waals surface area contributed by atoms with Crippen LogP contribution >= 0.6 is 12.2 Å². The van der Waals surface area contributed by atoms with Crippen LogP contribution in [0.25, 0.3) is 0 Å². The Morgan fingerprint density at radius 2 is 1.69 bits per heavy atom. The van der Waals surface area contributed by atoms with E-state index >= 15 is 0 Å². The highest BCUT2D eigenvalue weighted by Crippen LogP contribution is 2.28. The Morgan fingerprint density at radius 3 is 2.27 bits per heavy atom. The molecule has 26 heavy (non-hydrogen) atoms. The lowest BCUT2D eigenvalue weighted by atomic mass is 9.97. The van der Waals surface area contributed by atoms with Crippen molar-refractivity contribution in [3.05, 3.63) is 53.6 Å². The Bertz CT molecular complexity index is 770. The number of para-hydroxylation sites is 1. The van der Waals surface area contributed by atoms with Crippen molar-refractivity contribution in [2.45, 2.75) is 26.2 Å². The molecule has 2 aromatic carbocycles. The second-order valence-corrected chi connectivity index (χ2v) is 6.25. The van der Waals surface area contributed by atoms with Gasteiger partial charge < -0.3 is 14.8 Å². The molecular weight excluding hydrogens is 348 g/mol. The standard InChI is InChI=1S/C20H24N2O3S/c1-5-13(2)14-9-6-7-10-15(14)21-20(26)22-19(23)18-16(24-3)11-8-12-17(18)25-4/h6-13H,5H2,1-4H3,(H2,21,22,23,26)/t13-/m1/s1. The van der Waals surface area contributed by atoms with Crippen LogP contribution < -0.4 is 20.1 Å². The fraction of sp³-hybridized carbons (Fsp3) is 0.300. The van der Waals surface area contributed by atoms with Crippen LogP contribution in [0.5, 0.6) is 11.5 Å². The van der Waals surface area contributed by atoms with E-state index < -0.39 is 5.91 Å². The second kappa shape index (κ2) is 9.20. The van der Waals surface area contributed by atoms with Gasteiger partial charge in [0.2, 0.25) is 0 Å². The van der Waals surface area contributed by atoms with Gasteiger partial charge in [0.05, 0.1) is 14.2 Å². The van der Waals surface area contributed by atoms with Gasteiger partial charge in [0.25, 0.3) is 5.91 Å². The topological polar surface area (TPSA) is 59.6 Å². The fourth-order valence-corrected chi connectivity index (χ4v) is 2.86. The Balaban J connectivity index is 2.18. The van der Waals surface area contributed by atoms with Crippen molar-refractivity contribution < 1.29 is 14.3 Å². The lowest BCUT2D eigenvalue weighted by Gasteiger charge is -2.18.